The number of hydrogen-bond acceptors (Lipinski definition) is 1. The Labute approximate surface area is 207 Å². The lowest BCUT2D eigenvalue weighted by atomic mass is 10.0. The van der Waals surface area contributed by atoms with Gasteiger partial charge >= 0.3 is 0 Å². The van der Waals surface area contributed by atoms with Crippen LogP contribution >= 0.6 is 0 Å². The van der Waals surface area contributed by atoms with Crippen LogP contribution in [0, 0.1) is 0 Å². The molecule has 8 aromatic rings. The lowest BCUT2D eigenvalue weighted by molar-refractivity contribution is 1.13. The summed E-state index contributed by atoms with van der Waals surface area (Å²) in [7, 11) is 0. The van der Waals surface area contributed by atoms with Crippen molar-refractivity contribution in [2.24, 2.45) is 0 Å². The highest BCUT2D eigenvalue weighted by Crippen LogP contribution is 2.37. The van der Waals surface area contributed by atoms with Crippen molar-refractivity contribution in [3.05, 3.63) is 128 Å². The first-order valence-corrected chi connectivity index (χ1v) is 12.2. The molecule has 0 spiro atoms. The molecule has 0 unspecified atom stereocenters. The van der Waals surface area contributed by atoms with E-state index < -0.39 is 0 Å². The molecule has 0 amide bonds. The van der Waals surface area contributed by atoms with Crippen LogP contribution in [0.15, 0.2) is 128 Å². The van der Waals surface area contributed by atoms with Gasteiger partial charge in [0.05, 0.1) is 28.4 Å². The normalized spacial score (nSPS) is 11.9. The molecule has 3 nitrogen and oxygen atoms in total. The van der Waals surface area contributed by atoms with Gasteiger partial charge in [0, 0.05) is 45.0 Å². The highest BCUT2D eigenvalue weighted by atomic mass is 15.0. The maximum Gasteiger partial charge on any atom is 0.0723 e. The van der Waals surface area contributed by atoms with Crippen molar-refractivity contribution in [1.82, 2.24) is 14.1 Å². The minimum Gasteiger partial charge on any atom is -0.317 e. The second-order valence-corrected chi connectivity index (χ2v) is 9.38. The van der Waals surface area contributed by atoms with Crippen LogP contribution in [0.25, 0.3) is 65.6 Å². The molecular weight excluding hydrogens is 438 g/mol. The second kappa shape index (κ2) is 7.30. The van der Waals surface area contributed by atoms with Gasteiger partial charge in [-0.3, -0.25) is 4.98 Å². The summed E-state index contributed by atoms with van der Waals surface area (Å²) < 4.78 is 4.64. The Balaban J connectivity index is 1.49. The van der Waals surface area contributed by atoms with Crippen molar-refractivity contribution in [2.45, 2.75) is 0 Å². The number of nitrogens with zero attached hydrogens (tertiary/aromatic N) is 3. The van der Waals surface area contributed by atoms with E-state index in [1.807, 2.05) is 12.4 Å². The van der Waals surface area contributed by atoms with Crippen molar-refractivity contribution in [2.75, 3.05) is 0 Å². The number of hydrogen-bond donors (Lipinski definition) is 0. The number of para-hydroxylation sites is 2. The molecule has 0 saturated heterocycles. The summed E-state index contributed by atoms with van der Waals surface area (Å²) in [6.45, 7) is 0. The first-order valence-electron chi connectivity index (χ1n) is 12.2. The van der Waals surface area contributed by atoms with E-state index in [4.69, 9.17) is 0 Å². The molecule has 0 saturated carbocycles. The average molecular weight is 460 g/mol. The molecule has 0 aliphatic heterocycles. The minimum absolute atomic E-state index is 1.10. The van der Waals surface area contributed by atoms with E-state index in [0.717, 1.165) is 11.1 Å². The molecule has 0 N–H and O–H groups in total. The molecule has 36 heavy (non-hydrogen) atoms. The molecule has 0 fully saturated rings. The third-order valence-corrected chi connectivity index (χ3v) is 7.36. The Morgan fingerprint density at radius 3 is 2.14 bits per heavy atom. The van der Waals surface area contributed by atoms with Gasteiger partial charge in [0.15, 0.2) is 0 Å². The fourth-order valence-corrected chi connectivity index (χ4v) is 5.70. The molecule has 0 radical (unpaired) electrons. The van der Waals surface area contributed by atoms with Crippen LogP contribution in [-0.2, 0) is 0 Å². The molecule has 0 aliphatic rings. The van der Waals surface area contributed by atoms with E-state index in [1.54, 1.807) is 0 Å². The molecular formula is C33H21N3. The molecule has 3 heteroatoms. The van der Waals surface area contributed by atoms with E-state index >= 15 is 0 Å². The third-order valence-electron chi connectivity index (χ3n) is 7.36. The van der Waals surface area contributed by atoms with Gasteiger partial charge in [-0.15, -0.1) is 0 Å². The predicted octanol–water partition coefficient (Wildman–Crippen LogP) is 8.43. The van der Waals surface area contributed by atoms with Crippen LogP contribution in [0.3, 0.4) is 0 Å². The monoisotopic (exact) mass is 459 g/mol. The SMILES string of the molecule is c1ccc(-n2ccc3cc4cc5c6ccccc6n(-c6cncc7ccccc67)c5cc4cc32)cc1. The molecule has 168 valence electrons. The zero-order valence-corrected chi connectivity index (χ0v) is 19.5. The standard InChI is InChI=1S/C33H21N3/c1-2-9-26(10-3-1)35-15-14-22-16-24-17-29-28-12-6-7-13-30(28)36(32(29)19-25(24)18-31(22)35)33-21-34-20-23-8-4-5-11-27(23)33/h1-21H. The molecule has 3 heterocycles. The second-order valence-electron chi connectivity index (χ2n) is 9.38. The summed E-state index contributed by atoms with van der Waals surface area (Å²) in [6.07, 6.45) is 6.09. The van der Waals surface area contributed by atoms with Crippen LogP contribution < -0.4 is 0 Å². The molecule has 0 aliphatic carbocycles. The van der Waals surface area contributed by atoms with Gasteiger partial charge in [0.1, 0.15) is 0 Å². The number of aromatic nitrogens is 3. The van der Waals surface area contributed by atoms with Gasteiger partial charge in [-0.25, -0.2) is 0 Å². The number of fused-ring (bicyclic) bond motifs is 6. The topological polar surface area (TPSA) is 22.8 Å². The molecule has 8 rings (SSSR count). The van der Waals surface area contributed by atoms with Crippen molar-refractivity contribution in [3.63, 3.8) is 0 Å². The van der Waals surface area contributed by atoms with Crippen molar-refractivity contribution < 1.29 is 0 Å². The van der Waals surface area contributed by atoms with Gasteiger partial charge in [-0.05, 0) is 59.3 Å². The number of rotatable bonds is 2. The highest BCUT2D eigenvalue weighted by molar-refractivity contribution is 6.15. The van der Waals surface area contributed by atoms with E-state index in [0.29, 0.717) is 0 Å². The molecule has 3 aromatic heterocycles. The third kappa shape index (κ3) is 2.71. The number of benzene rings is 5. The summed E-state index contributed by atoms with van der Waals surface area (Å²) in [5.41, 5.74) is 5.87. The molecule has 5 aromatic carbocycles. The lowest BCUT2D eigenvalue weighted by Crippen LogP contribution is -1.96. The highest BCUT2D eigenvalue weighted by Gasteiger charge is 2.16. The first kappa shape index (κ1) is 19.4. The summed E-state index contributed by atoms with van der Waals surface area (Å²) in [5.74, 6) is 0. The summed E-state index contributed by atoms with van der Waals surface area (Å²) in [5, 5.41) is 8.57. The van der Waals surface area contributed by atoms with E-state index in [9.17, 15) is 0 Å². The van der Waals surface area contributed by atoms with E-state index in [2.05, 4.69) is 130 Å². The van der Waals surface area contributed by atoms with Gasteiger partial charge in [-0.1, -0.05) is 60.7 Å². The number of pyridine rings is 1. The minimum atomic E-state index is 1.10. The predicted molar refractivity (Wildman–Crippen MR) is 150 cm³/mol. The summed E-state index contributed by atoms with van der Waals surface area (Å²) >= 11 is 0. The van der Waals surface area contributed by atoms with Crippen molar-refractivity contribution in [1.29, 1.82) is 0 Å². The Morgan fingerprint density at radius 1 is 0.472 bits per heavy atom. The largest absolute Gasteiger partial charge is 0.317 e. The van der Waals surface area contributed by atoms with Crippen molar-refractivity contribution in [3.8, 4) is 11.4 Å². The smallest absolute Gasteiger partial charge is 0.0723 e. The average Bonchev–Trinajstić information content (AvgIpc) is 3.49. The van der Waals surface area contributed by atoms with Crippen LogP contribution in [0.1, 0.15) is 0 Å². The Bertz CT molecular complexity index is 2090. The lowest BCUT2D eigenvalue weighted by Gasteiger charge is -2.11. The Hall–Kier alpha value is -4.89. The molecule has 0 bridgehead atoms. The summed E-state index contributed by atoms with van der Waals surface area (Å²) in [6, 6.07) is 39.2. The van der Waals surface area contributed by atoms with Crippen LogP contribution in [0.2, 0.25) is 0 Å². The van der Waals surface area contributed by atoms with Gasteiger partial charge in [0.2, 0.25) is 0 Å². The van der Waals surface area contributed by atoms with E-state index in [-0.39, 0.29) is 0 Å². The summed E-state index contributed by atoms with van der Waals surface area (Å²) in [4.78, 5) is 4.60. The van der Waals surface area contributed by atoms with Gasteiger partial charge in [-0.2, -0.15) is 0 Å². The van der Waals surface area contributed by atoms with Crippen LogP contribution in [0.5, 0.6) is 0 Å². The van der Waals surface area contributed by atoms with Gasteiger partial charge in [0.25, 0.3) is 0 Å². The van der Waals surface area contributed by atoms with Crippen LogP contribution in [0.4, 0.5) is 0 Å². The zero-order valence-electron chi connectivity index (χ0n) is 19.5. The maximum atomic E-state index is 4.60. The quantitative estimate of drug-likeness (QED) is 0.254. The van der Waals surface area contributed by atoms with Gasteiger partial charge < -0.3 is 9.13 Å². The maximum absolute atomic E-state index is 4.60. The fourth-order valence-electron chi connectivity index (χ4n) is 5.70. The van der Waals surface area contributed by atoms with Crippen molar-refractivity contribution >= 4 is 54.3 Å². The van der Waals surface area contributed by atoms with E-state index in [1.165, 1.54) is 54.6 Å². The first-order chi connectivity index (χ1) is 17.8. The Kier molecular flexibility index (Phi) is 3.94. The molecule has 0 atom stereocenters. The van der Waals surface area contributed by atoms with Crippen LogP contribution in [-0.4, -0.2) is 14.1 Å². The Morgan fingerprint density at radius 2 is 1.22 bits per heavy atom. The zero-order chi connectivity index (χ0) is 23.6. The fraction of sp³-hybridized carbons (Fsp3) is 0.